The van der Waals surface area contributed by atoms with Gasteiger partial charge in [-0.25, -0.2) is 0 Å². The summed E-state index contributed by atoms with van der Waals surface area (Å²) in [5.41, 5.74) is 0. The molecule has 0 radical (unpaired) electrons. The van der Waals surface area contributed by atoms with E-state index in [0.717, 1.165) is 39.1 Å². The number of rotatable bonds is 2. The molecule has 5 nitrogen and oxygen atoms in total. The van der Waals surface area contributed by atoms with Crippen molar-refractivity contribution in [1.29, 1.82) is 0 Å². The summed E-state index contributed by atoms with van der Waals surface area (Å²) in [4.78, 5) is 16.9. The summed E-state index contributed by atoms with van der Waals surface area (Å²) in [5.74, 6) is 0.355. The Morgan fingerprint density at radius 1 is 1.28 bits per heavy atom. The van der Waals surface area contributed by atoms with Gasteiger partial charge < -0.3 is 14.4 Å². The fraction of sp³-hybridized carbons (Fsp3) is 0.923. The molecule has 3 atom stereocenters. The minimum atomic E-state index is 0.0737. The van der Waals surface area contributed by atoms with E-state index < -0.39 is 0 Å². The van der Waals surface area contributed by atoms with Gasteiger partial charge in [0.15, 0.2) is 0 Å². The first kappa shape index (κ1) is 12.4. The van der Waals surface area contributed by atoms with Crippen molar-refractivity contribution in [2.45, 2.75) is 25.6 Å². The third-order valence-corrected chi connectivity index (χ3v) is 4.32. The topological polar surface area (TPSA) is 42.0 Å². The number of likely N-dealkylation sites (N-methyl/N-ethyl adjacent to an activating group) is 1. The van der Waals surface area contributed by atoms with E-state index in [1.165, 1.54) is 0 Å². The van der Waals surface area contributed by atoms with Crippen LogP contribution in [0, 0.1) is 5.92 Å². The summed E-state index contributed by atoms with van der Waals surface area (Å²) in [7, 11) is 0. The van der Waals surface area contributed by atoms with Crippen LogP contribution in [0.2, 0.25) is 0 Å². The number of amides is 1. The van der Waals surface area contributed by atoms with E-state index >= 15 is 0 Å². The van der Waals surface area contributed by atoms with E-state index in [0.29, 0.717) is 13.2 Å². The summed E-state index contributed by atoms with van der Waals surface area (Å²) < 4.78 is 11.2. The lowest BCUT2D eigenvalue weighted by Gasteiger charge is -2.33. The normalized spacial score (nSPS) is 36.9. The average molecular weight is 254 g/mol. The first-order valence-electron chi connectivity index (χ1n) is 7.02. The Balaban J connectivity index is 1.64. The molecule has 0 N–H and O–H groups in total. The van der Waals surface area contributed by atoms with E-state index in [1.54, 1.807) is 0 Å². The number of morpholine rings is 2. The van der Waals surface area contributed by atoms with Crippen molar-refractivity contribution >= 4 is 5.91 Å². The summed E-state index contributed by atoms with van der Waals surface area (Å²) in [6.07, 6.45) is 1.27. The zero-order valence-electron chi connectivity index (χ0n) is 11.0. The lowest BCUT2D eigenvalue weighted by Crippen LogP contribution is -2.48. The minimum absolute atomic E-state index is 0.0737. The smallest absolute Gasteiger partial charge is 0.228 e. The summed E-state index contributed by atoms with van der Waals surface area (Å²) in [6, 6.07) is 0. The highest BCUT2D eigenvalue weighted by Gasteiger charge is 2.45. The third-order valence-electron chi connectivity index (χ3n) is 4.32. The highest BCUT2D eigenvalue weighted by Crippen LogP contribution is 2.33. The molecule has 3 aliphatic heterocycles. The molecular formula is C13H22N2O3. The van der Waals surface area contributed by atoms with Crippen molar-refractivity contribution in [1.82, 2.24) is 9.80 Å². The van der Waals surface area contributed by atoms with Gasteiger partial charge in [-0.05, 0) is 13.0 Å². The zero-order chi connectivity index (χ0) is 12.5. The van der Waals surface area contributed by atoms with Gasteiger partial charge in [0.1, 0.15) is 0 Å². The van der Waals surface area contributed by atoms with Gasteiger partial charge >= 0.3 is 0 Å². The molecule has 0 aromatic rings. The molecule has 3 rings (SSSR count). The van der Waals surface area contributed by atoms with Gasteiger partial charge in [0.25, 0.3) is 0 Å². The molecular weight excluding hydrogens is 232 g/mol. The van der Waals surface area contributed by atoms with Crippen molar-refractivity contribution in [3.63, 3.8) is 0 Å². The average Bonchev–Trinajstić information content (AvgIpc) is 2.73. The molecule has 3 unspecified atom stereocenters. The predicted octanol–water partition coefficient (Wildman–Crippen LogP) is -0.0456. The molecule has 3 aliphatic rings. The van der Waals surface area contributed by atoms with Gasteiger partial charge in [-0.1, -0.05) is 6.92 Å². The molecule has 3 fully saturated rings. The number of likely N-dealkylation sites (tertiary alicyclic amines) is 1. The third kappa shape index (κ3) is 2.27. The molecule has 2 bridgehead atoms. The zero-order valence-corrected chi connectivity index (χ0v) is 11.0. The number of nitrogens with zero attached hydrogens (tertiary/aromatic N) is 2. The second kappa shape index (κ2) is 5.15. The molecule has 0 aliphatic carbocycles. The summed E-state index contributed by atoms with van der Waals surface area (Å²) in [6.45, 7) is 7.95. The summed E-state index contributed by atoms with van der Waals surface area (Å²) in [5, 5.41) is 0. The molecule has 0 aromatic carbocycles. The maximum atomic E-state index is 12.5. The molecule has 0 aromatic heterocycles. The van der Waals surface area contributed by atoms with Crippen LogP contribution in [-0.4, -0.2) is 73.9 Å². The van der Waals surface area contributed by atoms with E-state index in [4.69, 9.17) is 9.47 Å². The highest BCUT2D eigenvalue weighted by molar-refractivity contribution is 5.80. The van der Waals surface area contributed by atoms with Crippen LogP contribution >= 0.6 is 0 Å². The van der Waals surface area contributed by atoms with Crippen molar-refractivity contribution in [3.05, 3.63) is 0 Å². The van der Waals surface area contributed by atoms with E-state index in [-0.39, 0.29) is 24.0 Å². The van der Waals surface area contributed by atoms with Crippen molar-refractivity contribution in [2.75, 3.05) is 45.9 Å². The Hall–Kier alpha value is -0.650. The standard InChI is InChI=1S/C13H22N2O3/c1-2-14-8-10-7-11(12(9-14)18-10)13(16)15-3-5-17-6-4-15/h10-12H,2-9H2,1H3. The van der Waals surface area contributed by atoms with E-state index in [9.17, 15) is 4.79 Å². The van der Waals surface area contributed by atoms with Crippen LogP contribution in [0.25, 0.3) is 0 Å². The van der Waals surface area contributed by atoms with E-state index in [1.807, 2.05) is 4.90 Å². The van der Waals surface area contributed by atoms with Gasteiger partial charge in [-0.15, -0.1) is 0 Å². The lowest BCUT2D eigenvalue weighted by atomic mass is 9.98. The van der Waals surface area contributed by atoms with Crippen LogP contribution in [0.1, 0.15) is 13.3 Å². The molecule has 0 spiro atoms. The number of fused-ring (bicyclic) bond motifs is 2. The Kier molecular flexibility index (Phi) is 3.54. The molecule has 18 heavy (non-hydrogen) atoms. The fourth-order valence-corrected chi connectivity index (χ4v) is 3.27. The molecule has 102 valence electrons. The Labute approximate surface area is 108 Å². The first-order chi connectivity index (χ1) is 8.78. The van der Waals surface area contributed by atoms with Crippen molar-refractivity contribution in [3.8, 4) is 0 Å². The first-order valence-corrected chi connectivity index (χ1v) is 7.02. The van der Waals surface area contributed by atoms with Crippen LogP contribution in [0.3, 0.4) is 0 Å². The number of carbonyl (C=O) groups excluding carboxylic acids is 1. The number of ether oxygens (including phenoxy) is 2. The largest absolute Gasteiger partial charge is 0.378 e. The van der Waals surface area contributed by atoms with Gasteiger partial charge in [-0.3, -0.25) is 9.69 Å². The Morgan fingerprint density at radius 3 is 2.78 bits per heavy atom. The number of hydrogen-bond donors (Lipinski definition) is 0. The molecule has 1 amide bonds. The van der Waals surface area contributed by atoms with Gasteiger partial charge in [0.2, 0.25) is 5.91 Å². The fourth-order valence-electron chi connectivity index (χ4n) is 3.27. The van der Waals surface area contributed by atoms with Crippen molar-refractivity contribution < 1.29 is 14.3 Å². The predicted molar refractivity (Wildman–Crippen MR) is 66.3 cm³/mol. The van der Waals surface area contributed by atoms with Gasteiger partial charge in [0, 0.05) is 26.2 Å². The monoisotopic (exact) mass is 254 g/mol. The van der Waals surface area contributed by atoms with E-state index in [2.05, 4.69) is 11.8 Å². The highest BCUT2D eigenvalue weighted by atomic mass is 16.5. The molecule has 0 saturated carbocycles. The van der Waals surface area contributed by atoms with Crippen LogP contribution in [0.4, 0.5) is 0 Å². The van der Waals surface area contributed by atoms with Crippen LogP contribution < -0.4 is 0 Å². The quantitative estimate of drug-likeness (QED) is 0.693. The SMILES string of the molecule is CCN1CC2CC(C(=O)N3CCOCC3)C(C1)O2. The maximum Gasteiger partial charge on any atom is 0.228 e. The number of carbonyl (C=O) groups is 1. The van der Waals surface area contributed by atoms with Crippen LogP contribution in [0.5, 0.6) is 0 Å². The van der Waals surface area contributed by atoms with Gasteiger partial charge in [-0.2, -0.15) is 0 Å². The molecule has 3 heterocycles. The second-order valence-electron chi connectivity index (χ2n) is 5.43. The van der Waals surface area contributed by atoms with Crippen molar-refractivity contribution in [2.24, 2.45) is 5.92 Å². The van der Waals surface area contributed by atoms with Crippen LogP contribution in [0.15, 0.2) is 0 Å². The second-order valence-corrected chi connectivity index (χ2v) is 5.43. The number of hydrogen-bond acceptors (Lipinski definition) is 4. The Bertz CT molecular complexity index is 317. The molecule has 5 heteroatoms. The maximum absolute atomic E-state index is 12.5. The minimum Gasteiger partial charge on any atom is -0.378 e. The lowest BCUT2D eigenvalue weighted by molar-refractivity contribution is -0.142. The molecule has 3 saturated heterocycles. The van der Waals surface area contributed by atoms with Gasteiger partial charge in [0.05, 0.1) is 31.3 Å². The summed E-state index contributed by atoms with van der Waals surface area (Å²) >= 11 is 0. The Morgan fingerprint density at radius 2 is 2.06 bits per heavy atom. The van der Waals surface area contributed by atoms with Crippen LogP contribution in [-0.2, 0) is 14.3 Å².